The first-order valence-corrected chi connectivity index (χ1v) is 12.7. The van der Waals surface area contributed by atoms with Crippen molar-refractivity contribution in [1.29, 1.82) is 0 Å². The van der Waals surface area contributed by atoms with Crippen molar-refractivity contribution in [3.63, 3.8) is 0 Å². The highest BCUT2D eigenvalue weighted by Gasteiger charge is 2.31. The number of nitrogens with one attached hydrogen (secondary N) is 2. The van der Waals surface area contributed by atoms with Gasteiger partial charge in [-0.2, -0.15) is 0 Å². The van der Waals surface area contributed by atoms with Gasteiger partial charge in [-0.3, -0.25) is 4.79 Å². The Morgan fingerprint density at radius 3 is 2.22 bits per heavy atom. The standard InChI is InChI=1S/C22H33F2N3O4S/c1-13(2)32(29,30)26-17-7-5-16(6-8-17)22(28)25-18-9-10-19(21(24)20(18)23)27-11-14(3)31-15(4)12-27/h9-10,13-17,26H,5-8,11-12H2,1-4H3,(H,25,28)/t14-,15+,16?,17?. The zero-order chi connectivity index (χ0) is 23.6. The van der Waals surface area contributed by atoms with E-state index in [0.29, 0.717) is 38.8 Å². The largest absolute Gasteiger partial charge is 0.372 e. The van der Waals surface area contributed by atoms with E-state index in [-0.39, 0.29) is 41.4 Å². The van der Waals surface area contributed by atoms with Crippen molar-refractivity contribution in [1.82, 2.24) is 4.72 Å². The number of carbonyl (C=O) groups excluding carboxylic acids is 1. The third-order valence-electron chi connectivity index (χ3n) is 6.13. The molecule has 2 N–H and O–H groups in total. The summed E-state index contributed by atoms with van der Waals surface area (Å²) < 4.78 is 61.9. The molecule has 1 aliphatic carbocycles. The second kappa shape index (κ2) is 10.0. The van der Waals surface area contributed by atoms with E-state index in [9.17, 15) is 22.0 Å². The van der Waals surface area contributed by atoms with Crippen LogP contribution in [0.4, 0.5) is 20.2 Å². The third kappa shape index (κ3) is 5.77. The molecule has 1 aromatic carbocycles. The highest BCUT2D eigenvalue weighted by Crippen LogP contribution is 2.31. The van der Waals surface area contributed by atoms with Gasteiger partial charge in [0, 0.05) is 25.0 Å². The summed E-state index contributed by atoms with van der Waals surface area (Å²) in [5.41, 5.74) is -0.0336. The molecule has 2 fully saturated rings. The number of hydrogen-bond donors (Lipinski definition) is 2. The molecule has 10 heteroatoms. The highest BCUT2D eigenvalue weighted by molar-refractivity contribution is 7.90. The van der Waals surface area contributed by atoms with Crippen LogP contribution in [-0.2, 0) is 19.6 Å². The molecule has 3 rings (SSSR count). The first kappa shape index (κ1) is 24.9. The zero-order valence-corrected chi connectivity index (χ0v) is 19.8. The lowest BCUT2D eigenvalue weighted by Gasteiger charge is -2.37. The van der Waals surface area contributed by atoms with Crippen molar-refractivity contribution in [3.8, 4) is 0 Å². The topological polar surface area (TPSA) is 87.7 Å². The van der Waals surface area contributed by atoms with E-state index in [1.165, 1.54) is 12.1 Å². The average molecular weight is 474 g/mol. The van der Waals surface area contributed by atoms with Gasteiger partial charge in [-0.15, -0.1) is 0 Å². The molecule has 0 spiro atoms. The Balaban J connectivity index is 1.61. The summed E-state index contributed by atoms with van der Waals surface area (Å²) in [6.45, 7) is 7.90. The van der Waals surface area contributed by atoms with Gasteiger partial charge in [0.1, 0.15) is 0 Å². The number of halogens is 2. The summed E-state index contributed by atoms with van der Waals surface area (Å²) >= 11 is 0. The Kier molecular flexibility index (Phi) is 7.77. The van der Waals surface area contributed by atoms with Gasteiger partial charge >= 0.3 is 0 Å². The minimum atomic E-state index is -3.37. The van der Waals surface area contributed by atoms with Crippen LogP contribution in [-0.4, -0.2) is 50.9 Å². The van der Waals surface area contributed by atoms with Crippen LogP contribution in [0.15, 0.2) is 12.1 Å². The Bertz CT molecular complexity index is 923. The lowest BCUT2D eigenvalue weighted by Crippen LogP contribution is -2.46. The number of sulfonamides is 1. The van der Waals surface area contributed by atoms with Crippen molar-refractivity contribution < 1.29 is 26.7 Å². The molecule has 0 radical (unpaired) electrons. The molecule has 7 nitrogen and oxygen atoms in total. The molecule has 1 aliphatic heterocycles. The van der Waals surface area contributed by atoms with E-state index in [1.807, 2.05) is 13.8 Å². The van der Waals surface area contributed by atoms with Crippen LogP contribution in [0.2, 0.25) is 0 Å². The van der Waals surface area contributed by atoms with Crippen LogP contribution >= 0.6 is 0 Å². The third-order valence-corrected chi connectivity index (χ3v) is 8.03. The number of hydrogen-bond acceptors (Lipinski definition) is 5. The average Bonchev–Trinajstić information content (AvgIpc) is 2.71. The molecule has 32 heavy (non-hydrogen) atoms. The normalized spacial score (nSPS) is 26.9. The van der Waals surface area contributed by atoms with E-state index >= 15 is 0 Å². The van der Waals surface area contributed by atoms with Gasteiger partial charge in [-0.25, -0.2) is 21.9 Å². The van der Waals surface area contributed by atoms with Gasteiger partial charge in [0.05, 0.1) is 28.8 Å². The van der Waals surface area contributed by atoms with Crippen LogP contribution < -0.4 is 14.9 Å². The molecule has 0 unspecified atom stereocenters. The second-order valence-electron chi connectivity index (χ2n) is 9.17. The Hall–Kier alpha value is -1.78. The van der Waals surface area contributed by atoms with Crippen LogP contribution in [0.3, 0.4) is 0 Å². The maximum absolute atomic E-state index is 14.8. The maximum Gasteiger partial charge on any atom is 0.227 e. The molecule has 1 heterocycles. The zero-order valence-electron chi connectivity index (χ0n) is 19.0. The quantitative estimate of drug-likeness (QED) is 0.661. The van der Waals surface area contributed by atoms with E-state index in [4.69, 9.17) is 4.74 Å². The molecule has 2 atom stereocenters. The summed E-state index contributed by atoms with van der Waals surface area (Å²) in [5.74, 6) is -2.83. The molecular weight excluding hydrogens is 440 g/mol. The van der Waals surface area contributed by atoms with Gasteiger partial charge < -0.3 is 15.0 Å². The molecule has 1 saturated carbocycles. The Morgan fingerprint density at radius 1 is 1.06 bits per heavy atom. The van der Waals surface area contributed by atoms with Gasteiger partial charge in [-0.1, -0.05) is 0 Å². The number of carbonyl (C=O) groups is 1. The van der Waals surface area contributed by atoms with E-state index < -0.39 is 26.9 Å². The minimum absolute atomic E-state index is 0.0965. The molecule has 1 saturated heterocycles. The first-order valence-electron chi connectivity index (χ1n) is 11.2. The summed E-state index contributed by atoms with van der Waals surface area (Å²) in [4.78, 5) is 14.4. The molecule has 1 amide bonds. The van der Waals surface area contributed by atoms with Crippen molar-refractivity contribution in [2.75, 3.05) is 23.3 Å². The molecule has 0 bridgehead atoms. The number of morpholine rings is 1. The van der Waals surface area contributed by atoms with Gasteiger partial charge in [-0.05, 0) is 65.5 Å². The van der Waals surface area contributed by atoms with Gasteiger partial charge in [0.25, 0.3) is 0 Å². The fourth-order valence-corrected chi connectivity index (χ4v) is 5.30. The number of anilines is 2. The fourth-order valence-electron chi connectivity index (χ4n) is 4.33. The minimum Gasteiger partial charge on any atom is -0.372 e. The van der Waals surface area contributed by atoms with Crippen LogP contribution in [0.25, 0.3) is 0 Å². The highest BCUT2D eigenvalue weighted by atomic mass is 32.2. The smallest absolute Gasteiger partial charge is 0.227 e. The predicted octanol–water partition coefficient (Wildman–Crippen LogP) is 3.40. The number of benzene rings is 1. The van der Waals surface area contributed by atoms with Crippen LogP contribution in [0, 0.1) is 17.6 Å². The molecule has 2 aliphatic rings. The molecular formula is C22H33F2N3O4S. The van der Waals surface area contributed by atoms with Gasteiger partial charge in [0.2, 0.25) is 15.9 Å². The van der Waals surface area contributed by atoms with Crippen molar-refractivity contribution in [2.45, 2.75) is 76.9 Å². The first-order chi connectivity index (χ1) is 15.0. The second-order valence-corrected chi connectivity index (χ2v) is 11.4. The summed E-state index contributed by atoms with van der Waals surface area (Å²) in [5, 5.41) is 1.99. The van der Waals surface area contributed by atoms with Crippen LogP contribution in [0.5, 0.6) is 0 Å². The number of amides is 1. The monoisotopic (exact) mass is 473 g/mol. The van der Waals surface area contributed by atoms with Crippen molar-refractivity contribution >= 4 is 27.3 Å². The van der Waals surface area contributed by atoms with Crippen molar-refractivity contribution in [3.05, 3.63) is 23.8 Å². The van der Waals surface area contributed by atoms with E-state index in [2.05, 4.69) is 10.0 Å². The molecule has 0 aromatic heterocycles. The SMILES string of the molecule is CC(C)S(=O)(=O)NC1CCC(C(=O)Nc2ccc(N3C[C@@H](C)O[C@@H](C)C3)c(F)c2F)CC1. The van der Waals surface area contributed by atoms with Gasteiger partial charge in [0.15, 0.2) is 11.6 Å². The summed E-state index contributed by atoms with van der Waals surface area (Å²) in [7, 11) is -3.37. The number of rotatable bonds is 6. The lowest BCUT2D eigenvalue weighted by atomic mass is 9.86. The number of nitrogens with zero attached hydrogens (tertiary/aromatic N) is 1. The Labute approximate surface area is 188 Å². The summed E-state index contributed by atoms with van der Waals surface area (Å²) in [6, 6.07) is 2.66. The summed E-state index contributed by atoms with van der Waals surface area (Å²) in [6.07, 6.45) is 1.80. The van der Waals surface area contributed by atoms with E-state index in [0.717, 1.165) is 0 Å². The molecule has 180 valence electrons. The maximum atomic E-state index is 14.8. The fraction of sp³-hybridized carbons (Fsp3) is 0.682. The number of ether oxygens (including phenoxy) is 1. The van der Waals surface area contributed by atoms with E-state index in [1.54, 1.807) is 18.7 Å². The lowest BCUT2D eigenvalue weighted by molar-refractivity contribution is -0.120. The Morgan fingerprint density at radius 2 is 1.66 bits per heavy atom. The van der Waals surface area contributed by atoms with Crippen molar-refractivity contribution in [2.24, 2.45) is 5.92 Å². The predicted molar refractivity (Wildman–Crippen MR) is 120 cm³/mol. The van der Waals surface area contributed by atoms with Crippen LogP contribution in [0.1, 0.15) is 53.4 Å². The molecule has 1 aromatic rings.